The number of halogens is 3. The number of nitriles is 1. The summed E-state index contributed by atoms with van der Waals surface area (Å²) in [5.74, 6) is -1.78. The van der Waals surface area contributed by atoms with Crippen LogP contribution in [0.4, 0.5) is 18.0 Å². The average molecular weight is 534 g/mol. The Hall–Kier alpha value is -3.28. The SMILES string of the molecule is C=CC=C.CC(C)(C)OC(=O)N1CCC(Cc2ccc(CC#N)cc2)(CN(C(=O)C(F)(F)F)C2CC2)CC1. The Bertz CT molecular complexity index is 1000. The number of amides is 2. The largest absolute Gasteiger partial charge is 0.471 e. The van der Waals surface area contributed by atoms with Gasteiger partial charge in [0.1, 0.15) is 5.60 Å². The zero-order chi connectivity index (χ0) is 28.6. The van der Waals surface area contributed by atoms with Gasteiger partial charge in [-0.1, -0.05) is 49.6 Å². The quantitative estimate of drug-likeness (QED) is 0.390. The number of carbonyl (C=O) groups excluding carboxylic acids is 2. The fourth-order valence-corrected chi connectivity index (χ4v) is 4.46. The van der Waals surface area contributed by atoms with E-state index in [-0.39, 0.29) is 19.0 Å². The Morgan fingerprint density at radius 2 is 1.63 bits per heavy atom. The lowest BCUT2D eigenvalue weighted by Crippen LogP contribution is -2.53. The number of piperidine rings is 1. The normalized spacial score (nSPS) is 16.8. The third-order valence-electron chi connectivity index (χ3n) is 6.52. The molecule has 38 heavy (non-hydrogen) atoms. The Balaban J connectivity index is 0.00000118. The van der Waals surface area contributed by atoms with Gasteiger partial charge in [0, 0.05) is 25.7 Å². The summed E-state index contributed by atoms with van der Waals surface area (Å²) in [7, 11) is 0. The molecule has 1 saturated heterocycles. The second-order valence-corrected chi connectivity index (χ2v) is 10.9. The van der Waals surface area contributed by atoms with Gasteiger partial charge in [-0.3, -0.25) is 4.79 Å². The van der Waals surface area contributed by atoms with Crippen LogP contribution >= 0.6 is 0 Å². The molecule has 208 valence electrons. The van der Waals surface area contributed by atoms with Crippen LogP contribution in [0.1, 0.15) is 57.6 Å². The minimum absolute atomic E-state index is 0.00187. The van der Waals surface area contributed by atoms with Crippen molar-refractivity contribution < 1.29 is 27.5 Å². The molecule has 0 bridgehead atoms. The van der Waals surface area contributed by atoms with Gasteiger partial charge in [-0.05, 0) is 69.4 Å². The summed E-state index contributed by atoms with van der Waals surface area (Å²) >= 11 is 0. The van der Waals surface area contributed by atoms with Crippen LogP contribution < -0.4 is 0 Å². The lowest BCUT2D eigenvalue weighted by molar-refractivity contribution is -0.188. The predicted molar refractivity (Wildman–Crippen MR) is 140 cm³/mol. The van der Waals surface area contributed by atoms with E-state index < -0.39 is 29.2 Å². The maximum Gasteiger partial charge on any atom is 0.471 e. The molecule has 1 heterocycles. The topological polar surface area (TPSA) is 73.6 Å². The van der Waals surface area contributed by atoms with E-state index in [2.05, 4.69) is 19.2 Å². The highest BCUT2D eigenvalue weighted by molar-refractivity contribution is 5.82. The number of allylic oxidation sites excluding steroid dienone is 2. The highest BCUT2D eigenvalue weighted by Gasteiger charge is 2.50. The molecular weight excluding hydrogens is 495 g/mol. The molecule has 2 fully saturated rings. The van der Waals surface area contributed by atoms with Gasteiger partial charge in [0.15, 0.2) is 0 Å². The number of nitrogens with zero attached hydrogens (tertiary/aromatic N) is 3. The highest BCUT2D eigenvalue weighted by atomic mass is 19.4. The van der Waals surface area contributed by atoms with Crippen molar-refractivity contribution >= 4 is 12.0 Å². The maximum absolute atomic E-state index is 13.3. The van der Waals surface area contributed by atoms with Gasteiger partial charge in [0.25, 0.3) is 0 Å². The van der Waals surface area contributed by atoms with Gasteiger partial charge in [-0.15, -0.1) is 0 Å². The van der Waals surface area contributed by atoms with E-state index in [1.807, 2.05) is 24.3 Å². The molecule has 0 atom stereocenters. The van der Waals surface area contributed by atoms with Crippen LogP contribution in [0.3, 0.4) is 0 Å². The van der Waals surface area contributed by atoms with Gasteiger partial charge in [0.2, 0.25) is 0 Å². The van der Waals surface area contributed by atoms with E-state index in [4.69, 9.17) is 10.00 Å². The van der Waals surface area contributed by atoms with Crippen molar-refractivity contribution in [3.63, 3.8) is 0 Å². The van der Waals surface area contributed by atoms with Gasteiger partial charge in [-0.25, -0.2) is 4.79 Å². The Kier molecular flexibility index (Phi) is 10.6. The summed E-state index contributed by atoms with van der Waals surface area (Å²) < 4.78 is 45.5. The highest BCUT2D eigenvalue weighted by Crippen LogP contribution is 2.41. The molecular formula is C29H38F3N3O3. The molecule has 1 aliphatic carbocycles. The number of alkyl halides is 3. The van der Waals surface area contributed by atoms with Crippen LogP contribution in [-0.2, 0) is 22.4 Å². The lowest BCUT2D eigenvalue weighted by Gasteiger charge is -2.45. The fourth-order valence-electron chi connectivity index (χ4n) is 4.46. The van der Waals surface area contributed by atoms with Crippen LogP contribution in [0, 0.1) is 16.7 Å². The zero-order valence-electron chi connectivity index (χ0n) is 22.5. The predicted octanol–water partition coefficient (Wildman–Crippen LogP) is 6.22. The first-order chi connectivity index (χ1) is 17.7. The van der Waals surface area contributed by atoms with Crippen molar-refractivity contribution in [3.8, 4) is 6.07 Å². The van der Waals surface area contributed by atoms with E-state index >= 15 is 0 Å². The summed E-state index contributed by atoms with van der Waals surface area (Å²) in [4.78, 5) is 27.4. The summed E-state index contributed by atoms with van der Waals surface area (Å²) in [6, 6.07) is 9.19. The molecule has 0 aromatic heterocycles. The Morgan fingerprint density at radius 3 is 2.05 bits per heavy atom. The molecule has 6 nitrogen and oxygen atoms in total. The molecule has 2 aliphatic rings. The molecule has 0 spiro atoms. The average Bonchev–Trinajstić information content (AvgIpc) is 3.68. The van der Waals surface area contributed by atoms with Crippen molar-refractivity contribution in [1.82, 2.24) is 9.80 Å². The zero-order valence-corrected chi connectivity index (χ0v) is 22.5. The number of likely N-dealkylation sites (tertiary alicyclic amines) is 1. The van der Waals surface area contributed by atoms with Crippen molar-refractivity contribution in [2.45, 2.75) is 77.1 Å². The minimum atomic E-state index is -4.92. The van der Waals surface area contributed by atoms with E-state index in [1.54, 1.807) is 37.8 Å². The molecule has 9 heteroatoms. The van der Waals surface area contributed by atoms with Crippen LogP contribution in [0.25, 0.3) is 0 Å². The van der Waals surface area contributed by atoms with Crippen molar-refractivity contribution in [2.24, 2.45) is 5.41 Å². The molecule has 1 aromatic carbocycles. The molecule has 0 N–H and O–H groups in total. The van der Waals surface area contributed by atoms with Gasteiger partial charge in [0.05, 0.1) is 12.5 Å². The Labute approximate surface area is 223 Å². The standard InChI is InChI=1S/C25H32F3N3O3.C4H6/c1-23(2,3)34-22(33)30-14-11-24(12-15-30,16-19-6-4-18(5-7-19)10-13-29)17-31(20-8-9-20)21(32)25(26,27)28;1-3-4-2/h4-7,20H,8-12,14-17H2,1-3H3;3-4H,1-2H2. The molecule has 1 aromatic rings. The van der Waals surface area contributed by atoms with E-state index in [0.29, 0.717) is 45.2 Å². The summed E-state index contributed by atoms with van der Waals surface area (Å²) in [6.07, 6.45) is 0.756. The summed E-state index contributed by atoms with van der Waals surface area (Å²) in [5.41, 5.74) is 0.562. The lowest BCUT2D eigenvalue weighted by atomic mass is 9.73. The van der Waals surface area contributed by atoms with Crippen molar-refractivity contribution in [3.05, 3.63) is 60.7 Å². The van der Waals surface area contributed by atoms with Crippen LogP contribution in [0.2, 0.25) is 0 Å². The van der Waals surface area contributed by atoms with Crippen molar-refractivity contribution in [2.75, 3.05) is 19.6 Å². The molecule has 3 rings (SSSR count). The summed E-state index contributed by atoms with van der Waals surface area (Å²) in [5, 5.41) is 8.88. The minimum Gasteiger partial charge on any atom is -0.444 e. The monoisotopic (exact) mass is 533 g/mol. The van der Waals surface area contributed by atoms with Gasteiger partial charge >= 0.3 is 18.2 Å². The van der Waals surface area contributed by atoms with Crippen LogP contribution in [0.15, 0.2) is 49.6 Å². The molecule has 1 aliphatic heterocycles. The smallest absolute Gasteiger partial charge is 0.444 e. The first kappa shape index (κ1) is 30.9. The number of ether oxygens (including phenoxy) is 1. The molecule has 0 unspecified atom stereocenters. The number of rotatable bonds is 7. The second kappa shape index (κ2) is 13.0. The van der Waals surface area contributed by atoms with Gasteiger partial charge < -0.3 is 14.5 Å². The van der Waals surface area contributed by atoms with Crippen LogP contribution in [-0.4, -0.2) is 59.3 Å². The Morgan fingerprint density at radius 1 is 1.11 bits per heavy atom. The van der Waals surface area contributed by atoms with E-state index in [9.17, 15) is 22.8 Å². The molecule has 0 radical (unpaired) electrons. The van der Waals surface area contributed by atoms with E-state index in [0.717, 1.165) is 16.0 Å². The third kappa shape index (κ3) is 9.55. The number of hydrogen-bond acceptors (Lipinski definition) is 4. The fraction of sp³-hybridized carbons (Fsp3) is 0.552. The molecule has 1 saturated carbocycles. The first-order valence-electron chi connectivity index (χ1n) is 12.8. The van der Waals surface area contributed by atoms with E-state index in [1.165, 1.54) is 0 Å². The number of benzene rings is 1. The maximum atomic E-state index is 13.3. The van der Waals surface area contributed by atoms with Crippen LogP contribution in [0.5, 0.6) is 0 Å². The van der Waals surface area contributed by atoms with Crippen molar-refractivity contribution in [1.29, 1.82) is 5.26 Å². The first-order valence-corrected chi connectivity index (χ1v) is 12.8. The third-order valence-corrected chi connectivity index (χ3v) is 6.52. The van der Waals surface area contributed by atoms with Gasteiger partial charge in [-0.2, -0.15) is 18.4 Å². The summed E-state index contributed by atoms with van der Waals surface area (Å²) in [6.45, 7) is 12.8. The second-order valence-electron chi connectivity index (χ2n) is 10.9. The molecule has 2 amide bonds. The number of carbonyl (C=O) groups is 2. The number of hydrogen-bond donors (Lipinski definition) is 0.